The summed E-state index contributed by atoms with van der Waals surface area (Å²) in [7, 11) is 0. The summed E-state index contributed by atoms with van der Waals surface area (Å²) in [5, 5.41) is 42.7. The highest BCUT2D eigenvalue weighted by molar-refractivity contribution is 6.10. The standard InChI is InChI=1S/C35H40N4O3/c1-5-34(6-2)36-23-13-9-11-19-15-17-21(29(38-34)25(19)23)27-31(40)28(33(42)32(27)41)22-18-16-20-12-10-14-24-26(20)30(22)39-35(7-3,8-4)37-24/h9-18,27-28,31-32,36-41H,5-8H2,1-4H3. The number of ketones is 1. The lowest BCUT2D eigenvalue weighted by Gasteiger charge is -2.42. The normalized spacial score (nSPS) is 25.0. The second-order valence-electron chi connectivity index (χ2n) is 12.3. The number of carbonyl (C=O) groups excluding carboxylic acids is 1. The highest BCUT2D eigenvalue weighted by Gasteiger charge is 2.52. The minimum absolute atomic E-state index is 0.341. The molecule has 2 aliphatic heterocycles. The van der Waals surface area contributed by atoms with E-state index in [1.54, 1.807) is 0 Å². The minimum Gasteiger partial charge on any atom is -0.391 e. The molecule has 42 heavy (non-hydrogen) atoms. The average Bonchev–Trinajstić information content (AvgIpc) is 3.24. The van der Waals surface area contributed by atoms with E-state index in [-0.39, 0.29) is 17.1 Å². The maximum Gasteiger partial charge on any atom is 0.172 e. The molecule has 6 N–H and O–H groups in total. The van der Waals surface area contributed by atoms with Gasteiger partial charge in [0.1, 0.15) is 17.4 Å². The second kappa shape index (κ2) is 9.61. The first-order valence-corrected chi connectivity index (χ1v) is 15.4. The molecule has 218 valence electrons. The average molecular weight is 565 g/mol. The Hall–Kier alpha value is -3.81. The highest BCUT2D eigenvalue weighted by Crippen LogP contribution is 2.52. The smallest absolute Gasteiger partial charge is 0.172 e. The zero-order valence-corrected chi connectivity index (χ0v) is 24.7. The van der Waals surface area contributed by atoms with Gasteiger partial charge in [-0.05, 0) is 59.7 Å². The minimum atomic E-state index is -1.33. The highest BCUT2D eigenvalue weighted by atomic mass is 16.3. The molecule has 0 amide bonds. The van der Waals surface area contributed by atoms with Gasteiger partial charge in [-0.15, -0.1) is 0 Å². The second-order valence-corrected chi connectivity index (χ2v) is 12.3. The molecule has 4 unspecified atom stereocenters. The summed E-state index contributed by atoms with van der Waals surface area (Å²) in [4.78, 5) is 14.0. The zero-order chi connectivity index (χ0) is 29.4. The van der Waals surface area contributed by atoms with Gasteiger partial charge in [-0.3, -0.25) is 4.79 Å². The summed E-state index contributed by atoms with van der Waals surface area (Å²) in [5.74, 6) is -1.98. The van der Waals surface area contributed by atoms with Crippen molar-refractivity contribution in [2.24, 2.45) is 0 Å². The molecule has 1 saturated carbocycles. The van der Waals surface area contributed by atoms with Gasteiger partial charge < -0.3 is 31.5 Å². The van der Waals surface area contributed by atoms with Gasteiger partial charge in [0, 0.05) is 39.4 Å². The van der Waals surface area contributed by atoms with Gasteiger partial charge in [-0.1, -0.05) is 76.2 Å². The molecule has 4 atom stereocenters. The van der Waals surface area contributed by atoms with Gasteiger partial charge in [0.15, 0.2) is 5.78 Å². The van der Waals surface area contributed by atoms with Crippen LogP contribution in [0.15, 0.2) is 60.7 Å². The van der Waals surface area contributed by atoms with Gasteiger partial charge in [-0.25, -0.2) is 0 Å². The molecule has 0 saturated heterocycles. The molecular formula is C35H40N4O3. The zero-order valence-electron chi connectivity index (χ0n) is 24.7. The van der Waals surface area contributed by atoms with E-state index in [2.05, 4.69) is 73.2 Å². The summed E-state index contributed by atoms with van der Waals surface area (Å²) in [6.45, 7) is 8.56. The molecule has 0 aromatic heterocycles. The van der Waals surface area contributed by atoms with Crippen molar-refractivity contribution in [1.29, 1.82) is 0 Å². The molecular weight excluding hydrogens is 524 g/mol. The molecule has 0 spiro atoms. The van der Waals surface area contributed by atoms with Crippen LogP contribution in [0.4, 0.5) is 22.7 Å². The Balaban J connectivity index is 1.38. The van der Waals surface area contributed by atoms with E-state index in [0.29, 0.717) is 0 Å². The van der Waals surface area contributed by atoms with Crippen molar-refractivity contribution in [3.05, 3.63) is 71.8 Å². The molecule has 0 bridgehead atoms. The van der Waals surface area contributed by atoms with Gasteiger partial charge in [0.05, 0.1) is 12.0 Å². The molecule has 7 nitrogen and oxygen atoms in total. The quantitative estimate of drug-likeness (QED) is 0.152. The number of anilines is 4. The number of benzene rings is 4. The first-order valence-electron chi connectivity index (χ1n) is 15.4. The van der Waals surface area contributed by atoms with E-state index in [1.165, 1.54) is 0 Å². The fourth-order valence-corrected chi connectivity index (χ4v) is 7.68. The third-order valence-electron chi connectivity index (χ3n) is 10.4. The molecule has 1 aliphatic carbocycles. The maximum absolute atomic E-state index is 14.0. The Bertz CT molecular complexity index is 1720. The van der Waals surface area contributed by atoms with Crippen molar-refractivity contribution >= 4 is 50.1 Å². The molecule has 4 aromatic carbocycles. The number of nitrogens with one attached hydrogen (secondary N) is 4. The van der Waals surface area contributed by atoms with Crippen LogP contribution >= 0.6 is 0 Å². The lowest BCUT2D eigenvalue weighted by Crippen LogP contribution is -2.47. The predicted octanol–water partition coefficient (Wildman–Crippen LogP) is 6.87. The molecule has 7 heteroatoms. The monoisotopic (exact) mass is 564 g/mol. The van der Waals surface area contributed by atoms with Crippen LogP contribution in [0, 0.1) is 0 Å². The Labute approximate surface area is 246 Å². The van der Waals surface area contributed by atoms with Crippen LogP contribution in [0.25, 0.3) is 21.5 Å². The van der Waals surface area contributed by atoms with Crippen LogP contribution in [-0.2, 0) is 4.79 Å². The summed E-state index contributed by atoms with van der Waals surface area (Å²) < 4.78 is 0. The first kappa shape index (κ1) is 27.0. The molecule has 2 heterocycles. The Morgan fingerprint density at radius 2 is 1.12 bits per heavy atom. The van der Waals surface area contributed by atoms with Crippen LogP contribution < -0.4 is 21.3 Å². The van der Waals surface area contributed by atoms with Gasteiger partial charge >= 0.3 is 0 Å². The lowest BCUT2D eigenvalue weighted by atomic mass is 9.83. The van der Waals surface area contributed by atoms with Crippen LogP contribution in [0.3, 0.4) is 0 Å². The van der Waals surface area contributed by atoms with Crippen LogP contribution in [0.1, 0.15) is 76.3 Å². The van der Waals surface area contributed by atoms with Crippen molar-refractivity contribution in [1.82, 2.24) is 0 Å². The molecule has 4 aromatic rings. The Morgan fingerprint density at radius 3 is 1.62 bits per heavy atom. The number of Topliss-reactive ketones (excluding diaryl/α,β-unsaturated/α-hetero) is 1. The molecule has 3 aliphatic rings. The summed E-state index contributed by atoms with van der Waals surface area (Å²) in [6, 6.07) is 20.4. The maximum atomic E-state index is 14.0. The van der Waals surface area contributed by atoms with Gasteiger partial charge in [0.25, 0.3) is 0 Å². The number of rotatable bonds is 6. The van der Waals surface area contributed by atoms with E-state index in [1.807, 2.05) is 36.4 Å². The molecule has 7 rings (SSSR count). The van der Waals surface area contributed by atoms with Crippen molar-refractivity contribution in [3.8, 4) is 0 Å². The van der Waals surface area contributed by atoms with Crippen LogP contribution in [0.5, 0.6) is 0 Å². The third-order valence-corrected chi connectivity index (χ3v) is 10.4. The van der Waals surface area contributed by atoms with E-state index >= 15 is 0 Å². The summed E-state index contributed by atoms with van der Waals surface area (Å²) in [5.41, 5.74) is 4.58. The van der Waals surface area contributed by atoms with E-state index in [4.69, 9.17) is 0 Å². The Morgan fingerprint density at radius 1 is 0.643 bits per heavy atom. The summed E-state index contributed by atoms with van der Waals surface area (Å²) >= 11 is 0. The van der Waals surface area contributed by atoms with Crippen molar-refractivity contribution in [3.63, 3.8) is 0 Å². The van der Waals surface area contributed by atoms with Crippen LogP contribution in [0.2, 0.25) is 0 Å². The van der Waals surface area contributed by atoms with Crippen molar-refractivity contribution < 1.29 is 15.0 Å². The van der Waals surface area contributed by atoms with E-state index < -0.39 is 24.0 Å². The van der Waals surface area contributed by atoms with Crippen LogP contribution in [-0.4, -0.2) is 39.5 Å². The van der Waals surface area contributed by atoms with Crippen molar-refractivity contribution in [2.45, 2.75) is 88.7 Å². The number of aliphatic hydroxyl groups excluding tert-OH is 2. The first-order chi connectivity index (χ1) is 20.3. The molecule has 0 radical (unpaired) electrons. The lowest BCUT2D eigenvalue weighted by molar-refractivity contribution is -0.126. The van der Waals surface area contributed by atoms with Crippen molar-refractivity contribution in [2.75, 3.05) is 21.3 Å². The number of carbonyl (C=O) groups is 1. The van der Waals surface area contributed by atoms with E-state index in [0.717, 1.165) is 81.1 Å². The van der Waals surface area contributed by atoms with Gasteiger partial charge in [0.2, 0.25) is 0 Å². The van der Waals surface area contributed by atoms with E-state index in [9.17, 15) is 15.0 Å². The molecule has 1 fully saturated rings. The fourth-order valence-electron chi connectivity index (χ4n) is 7.68. The number of hydrogen-bond acceptors (Lipinski definition) is 7. The number of hydrogen-bond donors (Lipinski definition) is 6. The number of aliphatic hydroxyl groups is 2. The summed E-state index contributed by atoms with van der Waals surface area (Å²) in [6.07, 6.45) is 0.909. The third kappa shape index (κ3) is 3.69. The fraction of sp³-hybridized carbons (Fsp3) is 0.400. The topological polar surface area (TPSA) is 106 Å². The largest absolute Gasteiger partial charge is 0.391 e. The van der Waals surface area contributed by atoms with Gasteiger partial charge in [-0.2, -0.15) is 0 Å². The SMILES string of the molecule is CCC1(CC)Nc2cccc3ccc(C4C(=O)C(O)C(c5ccc6cccc7c6c5NC(CC)(CC)N7)C4O)c(c23)N1. The predicted molar refractivity (Wildman–Crippen MR) is 172 cm³/mol. The Kier molecular flexibility index (Phi) is 6.19.